The molecule has 0 saturated heterocycles. The van der Waals surface area contributed by atoms with Crippen molar-refractivity contribution in [1.82, 2.24) is 0 Å². The van der Waals surface area contributed by atoms with Crippen LogP contribution >= 0.6 is 34.8 Å². The van der Waals surface area contributed by atoms with Gasteiger partial charge in [0.05, 0.1) is 0 Å². The molecular formula is C14H14Cl3NO2. The van der Waals surface area contributed by atoms with Crippen LogP contribution in [0.25, 0.3) is 0 Å². The van der Waals surface area contributed by atoms with Crippen LogP contribution < -0.4 is 5.32 Å². The van der Waals surface area contributed by atoms with Gasteiger partial charge in [-0.3, -0.25) is 9.59 Å². The molecule has 1 aliphatic heterocycles. The fraction of sp³-hybridized carbons (Fsp3) is 0.429. The lowest BCUT2D eigenvalue weighted by Crippen LogP contribution is -2.34. The van der Waals surface area contributed by atoms with Crippen LogP contribution in [-0.2, 0) is 9.59 Å². The van der Waals surface area contributed by atoms with Gasteiger partial charge in [0, 0.05) is 17.5 Å². The zero-order chi connectivity index (χ0) is 15.1. The second-order valence-corrected chi connectivity index (χ2v) is 7.82. The van der Waals surface area contributed by atoms with Gasteiger partial charge in [0.2, 0.25) is 5.91 Å². The first-order valence-corrected chi connectivity index (χ1v) is 7.26. The molecule has 0 aliphatic carbocycles. The third-order valence-corrected chi connectivity index (χ3v) is 5.03. The molecule has 1 amide bonds. The highest BCUT2D eigenvalue weighted by atomic mass is 35.6. The van der Waals surface area contributed by atoms with E-state index in [-0.39, 0.29) is 18.1 Å². The molecule has 0 fully saturated rings. The monoisotopic (exact) mass is 333 g/mol. The Kier molecular flexibility index (Phi) is 4.07. The Labute approximate surface area is 132 Å². The summed E-state index contributed by atoms with van der Waals surface area (Å²) in [4.78, 5) is 24.4. The van der Waals surface area contributed by atoms with Gasteiger partial charge in [-0.15, -0.1) is 0 Å². The summed E-state index contributed by atoms with van der Waals surface area (Å²) < 4.78 is -1.57. The molecule has 20 heavy (non-hydrogen) atoms. The van der Waals surface area contributed by atoms with Crippen LogP contribution in [0, 0.1) is 5.41 Å². The van der Waals surface area contributed by atoms with Crippen molar-refractivity contribution in [1.29, 1.82) is 0 Å². The Morgan fingerprint density at radius 3 is 2.45 bits per heavy atom. The van der Waals surface area contributed by atoms with Crippen molar-refractivity contribution >= 4 is 52.2 Å². The molecule has 1 heterocycles. The van der Waals surface area contributed by atoms with Gasteiger partial charge in [0.25, 0.3) is 0 Å². The second-order valence-electron chi connectivity index (χ2n) is 5.53. The fourth-order valence-electron chi connectivity index (χ4n) is 2.17. The van der Waals surface area contributed by atoms with Gasteiger partial charge < -0.3 is 5.32 Å². The van der Waals surface area contributed by atoms with Gasteiger partial charge in [-0.25, -0.2) is 0 Å². The number of amides is 1. The van der Waals surface area contributed by atoms with E-state index in [1.165, 1.54) is 0 Å². The zero-order valence-electron chi connectivity index (χ0n) is 11.0. The number of hydrogen-bond donors (Lipinski definition) is 1. The number of hydrogen-bond acceptors (Lipinski definition) is 2. The van der Waals surface area contributed by atoms with Crippen LogP contribution in [0.3, 0.4) is 0 Å². The SMILES string of the molecule is CC(C)(CC(=O)[C@H]1C(=O)Nc2ccccc21)C(Cl)(Cl)Cl. The second kappa shape index (κ2) is 5.21. The minimum atomic E-state index is -1.57. The van der Waals surface area contributed by atoms with Gasteiger partial charge >= 0.3 is 0 Å². The Morgan fingerprint density at radius 1 is 1.25 bits per heavy atom. The van der Waals surface area contributed by atoms with Crippen molar-refractivity contribution in [2.24, 2.45) is 5.41 Å². The normalized spacial score (nSPS) is 18.6. The number of ketones is 1. The molecular weight excluding hydrogens is 321 g/mol. The van der Waals surface area contributed by atoms with Crippen molar-refractivity contribution in [3.63, 3.8) is 0 Å². The third kappa shape index (κ3) is 2.80. The summed E-state index contributed by atoms with van der Waals surface area (Å²) in [6, 6.07) is 7.12. The average Bonchev–Trinajstić information content (AvgIpc) is 2.62. The summed E-state index contributed by atoms with van der Waals surface area (Å²) in [5, 5.41) is 2.69. The van der Waals surface area contributed by atoms with E-state index in [2.05, 4.69) is 5.32 Å². The lowest BCUT2D eigenvalue weighted by molar-refractivity contribution is -0.128. The predicted octanol–water partition coefficient (Wildman–Crippen LogP) is 4.08. The lowest BCUT2D eigenvalue weighted by atomic mass is 9.83. The minimum absolute atomic E-state index is 0.00984. The predicted molar refractivity (Wildman–Crippen MR) is 81.5 cm³/mol. The van der Waals surface area contributed by atoms with E-state index in [0.29, 0.717) is 11.3 Å². The van der Waals surface area contributed by atoms with Gasteiger partial charge in [-0.05, 0) is 11.6 Å². The molecule has 1 aliphatic rings. The van der Waals surface area contributed by atoms with Crippen molar-refractivity contribution in [2.75, 3.05) is 5.32 Å². The Bertz CT molecular complexity index is 564. The molecule has 3 nitrogen and oxygen atoms in total. The van der Waals surface area contributed by atoms with E-state index in [0.717, 1.165) is 0 Å². The number of fused-ring (bicyclic) bond motifs is 1. The number of para-hydroxylation sites is 1. The molecule has 0 unspecified atom stereocenters. The van der Waals surface area contributed by atoms with Crippen LogP contribution in [0.15, 0.2) is 24.3 Å². The zero-order valence-corrected chi connectivity index (χ0v) is 13.3. The molecule has 108 valence electrons. The molecule has 0 radical (unpaired) electrons. The number of anilines is 1. The summed E-state index contributed by atoms with van der Waals surface area (Å²) in [5.74, 6) is -1.39. The van der Waals surface area contributed by atoms with E-state index < -0.39 is 15.1 Å². The number of Topliss-reactive ketones (excluding diaryl/α,β-unsaturated/α-hetero) is 1. The Hall–Kier alpha value is -0.770. The highest BCUT2D eigenvalue weighted by Crippen LogP contribution is 2.48. The molecule has 2 rings (SSSR count). The Balaban J connectivity index is 2.25. The standard InChI is InChI=1S/C14H14Cl3NO2/c1-13(2,14(15,16)17)7-10(19)11-8-5-3-4-6-9(8)18-12(11)20/h3-6,11H,7H2,1-2H3,(H,18,20)/t11-/m0/s1. The van der Waals surface area contributed by atoms with E-state index in [1.807, 2.05) is 0 Å². The van der Waals surface area contributed by atoms with Gasteiger partial charge in [0.1, 0.15) is 5.92 Å². The molecule has 1 aromatic rings. The van der Waals surface area contributed by atoms with Crippen molar-refractivity contribution < 1.29 is 9.59 Å². The highest BCUT2D eigenvalue weighted by Gasteiger charge is 2.45. The van der Waals surface area contributed by atoms with Crippen LogP contribution in [0.2, 0.25) is 0 Å². The van der Waals surface area contributed by atoms with Crippen LogP contribution in [0.1, 0.15) is 31.7 Å². The van der Waals surface area contributed by atoms with Gasteiger partial charge in [-0.2, -0.15) is 0 Å². The van der Waals surface area contributed by atoms with Crippen LogP contribution in [0.5, 0.6) is 0 Å². The molecule has 0 aromatic heterocycles. The quantitative estimate of drug-likeness (QED) is 0.669. The first-order valence-electron chi connectivity index (χ1n) is 6.13. The maximum atomic E-state index is 12.4. The molecule has 1 aromatic carbocycles. The molecule has 6 heteroatoms. The number of benzene rings is 1. The number of nitrogens with one attached hydrogen (secondary N) is 1. The molecule has 1 atom stereocenters. The molecule has 1 N–H and O–H groups in total. The third-order valence-electron chi connectivity index (χ3n) is 3.50. The summed E-state index contributed by atoms with van der Waals surface area (Å²) in [6.45, 7) is 3.38. The summed E-state index contributed by atoms with van der Waals surface area (Å²) >= 11 is 17.7. The van der Waals surface area contributed by atoms with Crippen molar-refractivity contribution in [3.05, 3.63) is 29.8 Å². The largest absolute Gasteiger partial charge is 0.325 e. The first-order chi connectivity index (χ1) is 9.13. The van der Waals surface area contributed by atoms with Crippen molar-refractivity contribution in [2.45, 2.75) is 30.0 Å². The number of alkyl halides is 3. The van der Waals surface area contributed by atoms with Gasteiger partial charge in [-0.1, -0.05) is 66.8 Å². The topological polar surface area (TPSA) is 46.2 Å². The van der Waals surface area contributed by atoms with Gasteiger partial charge in [0.15, 0.2) is 9.58 Å². The number of halogens is 3. The maximum Gasteiger partial charge on any atom is 0.239 e. The molecule has 0 bridgehead atoms. The van der Waals surface area contributed by atoms with E-state index >= 15 is 0 Å². The maximum absolute atomic E-state index is 12.4. The Morgan fingerprint density at radius 2 is 1.85 bits per heavy atom. The molecule has 0 spiro atoms. The highest BCUT2D eigenvalue weighted by molar-refractivity contribution is 6.68. The summed E-state index contributed by atoms with van der Waals surface area (Å²) in [7, 11) is 0. The lowest BCUT2D eigenvalue weighted by Gasteiger charge is -2.32. The van der Waals surface area contributed by atoms with Crippen LogP contribution in [-0.4, -0.2) is 15.5 Å². The smallest absolute Gasteiger partial charge is 0.239 e. The fourth-order valence-corrected chi connectivity index (χ4v) is 2.37. The number of carbonyl (C=O) groups excluding carboxylic acids is 2. The first kappa shape index (κ1) is 15.6. The number of carbonyl (C=O) groups is 2. The van der Waals surface area contributed by atoms with Crippen LogP contribution in [0.4, 0.5) is 5.69 Å². The van der Waals surface area contributed by atoms with Crippen molar-refractivity contribution in [3.8, 4) is 0 Å². The van der Waals surface area contributed by atoms with E-state index in [1.54, 1.807) is 38.1 Å². The summed E-state index contributed by atoms with van der Waals surface area (Å²) in [5.41, 5.74) is 0.497. The average molecular weight is 335 g/mol. The summed E-state index contributed by atoms with van der Waals surface area (Å²) in [6.07, 6.45) is 0.00984. The minimum Gasteiger partial charge on any atom is -0.325 e. The van der Waals surface area contributed by atoms with E-state index in [4.69, 9.17) is 34.8 Å². The van der Waals surface area contributed by atoms with E-state index in [9.17, 15) is 9.59 Å². The molecule has 0 saturated carbocycles. The number of rotatable bonds is 3.